The molecule has 1 N–H and O–H groups in total. The molecule has 0 bridgehead atoms. The number of piperazine rings is 1. The molecule has 1 atom stereocenters. The van der Waals surface area contributed by atoms with Crippen LogP contribution < -0.4 is 5.32 Å². The number of rotatable bonds is 5. The van der Waals surface area contributed by atoms with Gasteiger partial charge < -0.3 is 10.2 Å². The summed E-state index contributed by atoms with van der Waals surface area (Å²) in [5.41, 5.74) is 3.04. The van der Waals surface area contributed by atoms with Gasteiger partial charge in [-0.2, -0.15) is 0 Å². The van der Waals surface area contributed by atoms with Crippen LogP contribution in [0.5, 0.6) is 0 Å². The van der Waals surface area contributed by atoms with Gasteiger partial charge in [0.25, 0.3) is 0 Å². The lowest BCUT2D eigenvalue weighted by Crippen LogP contribution is -2.52. The van der Waals surface area contributed by atoms with Crippen molar-refractivity contribution in [1.82, 2.24) is 9.80 Å². The van der Waals surface area contributed by atoms with E-state index in [1.807, 2.05) is 43.3 Å². The molecule has 0 saturated carbocycles. The quantitative estimate of drug-likeness (QED) is 0.909. The van der Waals surface area contributed by atoms with Gasteiger partial charge in [-0.05, 0) is 25.1 Å². The van der Waals surface area contributed by atoms with Gasteiger partial charge in [-0.25, -0.2) is 0 Å². The fraction of sp³-hybridized carbons (Fsp3) is 0.381. The maximum Gasteiger partial charge on any atom is 0.241 e. The summed E-state index contributed by atoms with van der Waals surface area (Å²) in [6, 6.07) is 18.0. The van der Waals surface area contributed by atoms with Crippen LogP contribution in [0.3, 0.4) is 0 Å². The minimum absolute atomic E-state index is 0.0633. The van der Waals surface area contributed by atoms with Gasteiger partial charge in [-0.1, -0.05) is 55.5 Å². The number of anilines is 1. The highest BCUT2D eigenvalue weighted by Gasteiger charge is 2.25. The molecule has 0 radical (unpaired) electrons. The molecule has 2 aromatic rings. The van der Waals surface area contributed by atoms with Crippen LogP contribution in [0, 0.1) is 0 Å². The van der Waals surface area contributed by atoms with Crippen molar-refractivity contribution in [2.24, 2.45) is 0 Å². The van der Waals surface area contributed by atoms with Gasteiger partial charge in [-0.3, -0.25) is 9.69 Å². The van der Waals surface area contributed by atoms with Crippen molar-refractivity contribution in [1.29, 1.82) is 0 Å². The van der Waals surface area contributed by atoms with Crippen molar-refractivity contribution in [2.45, 2.75) is 19.9 Å². The van der Waals surface area contributed by atoms with Crippen molar-refractivity contribution in [3.8, 4) is 11.1 Å². The molecule has 25 heavy (non-hydrogen) atoms. The average molecular weight is 337 g/mol. The van der Waals surface area contributed by atoms with Crippen molar-refractivity contribution in [2.75, 3.05) is 38.0 Å². The van der Waals surface area contributed by atoms with Crippen LogP contribution in [-0.2, 0) is 4.79 Å². The van der Waals surface area contributed by atoms with E-state index in [1.165, 1.54) is 0 Å². The first-order chi connectivity index (χ1) is 12.2. The standard InChI is InChI=1S/C21H27N3O/c1-3-23-13-15-24(16-14-23)17(2)21(25)22-20-12-8-7-11-19(20)18-9-5-4-6-10-18/h4-12,17H,3,13-16H2,1-2H3,(H,22,25)/t17-/m0/s1. The fourth-order valence-electron chi connectivity index (χ4n) is 3.33. The third-order valence-electron chi connectivity index (χ3n) is 5.05. The normalized spacial score (nSPS) is 17.2. The van der Waals surface area contributed by atoms with Crippen LogP contribution >= 0.6 is 0 Å². The molecule has 4 nitrogen and oxygen atoms in total. The van der Waals surface area contributed by atoms with Crippen LogP contribution in [0.2, 0.25) is 0 Å². The Labute approximate surface area is 150 Å². The molecule has 0 aromatic heterocycles. The molecule has 1 fully saturated rings. The Morgan fingerprint density at radius 3 is 2.32 bits per heavy atom. The van der Waals surface area contributed by atoms with E-state index in [2.05, 4.69) is 40.2 Å². The number of para-hydroxylation sites is 1. The van der Waals surface area contributed by atoms with Gasteiger partial charge in [0.1, 0.15) is 0 Å². The number of carbonyl (C=O) groups excluding carboxylic acids is 1. The van der Waals surface area contributed by atoms with Crippen LogP contribution in [0.1, 0.15) is 13.8 Å². The van der Waals surface area contributed by atoms with Crippen LogP contribution in [0.25, 0.3) is 11.1 Å². The van der Waals surface area contributed by atoms with Gasteiger partial charge >= 0.3 is 0 Å². The van der Waals surface area contributed by atoms with E-state index < -0.39 is 0 Å². The molecule has 1 aliphatic heterocycles. The van der Waals surface area contributed by atoms with Crippen LogP contribution in [0.15, 0.2) is 54.6 Å². The molecule has 2 aromatic carbocycles. The molecular weight excluding hydrogens is 310 g/mol. The third-order valence-corrected chi connectivity index (χ3v) is 5.05. The maximum atomic E-state index is 12.8. The Hall–Kier alpha value is -2.17. The molecule has 132 valence electrons. The first kappa shape index (κ1) is 17.6. The summed E-state index contributed by atoms with van der Waals surface area (Å²) >= 11 is 0. The van der Waals surface area contributed by atoms with E-state index in [0.29, 0.717) is 0 Å². The predicted molar refractivity (Wildman–Crippen MR) is 104 cm³/mol. The molecule has 4 heteroatoms. The molecule has 1 amide bonds. The van der Waals surface area contributed by atoms with E-state index in [4.69, 9.17) is 0 Å². The van der Waals surface area contributed by atoms with Gasteiger partial charge in [-0.15, -0.1) is 0 Å². The number of nitrogens with zero attached hydrogens (tertiary/aromatic N) is 2. The lowest BCUT2D eigenvalue weighted by molar-refractivity contribution is -0.121. The van der Waals surface area contributed by atoms with Crippen LogP contribution in [0.4, 0.5) is 5.69 Å². The first-order valence-corrected chi connectivity index (χ1v) is 9.10. The summed E-state index contributed by atoms with van der Waals surface area (Å²) in [7, 11) is 0. The van der Waals surface area contributed by atoms with E-state index in [1.54, 1.807) is 0 Å². The summed E-state index contributed by atoms with van der Waals surface area (Å²) in [5, 5.41) is 3.14. The molecular formula is C21H27N3O. The smallest absolute Gasteiger partial charge is 0.241 e. The summed E-state index contributed by atoms with van der Waals surface area (Å²) < 4.78 is 0. The Balaban J connectivity index is 1.69. The second-order valence-electron chi connectivity index (χ2n) is 6.55. The first-order valence-electron chi connectivity index (χ1n) is 9.10. The van der Waals surface area contributed by atoms with Gasteiger partial charge in [0.15, 0.2) is 0 Å². The summed E-state index contributed by atoms with van der Waals surface area (Å²) in [6.45, 7) is 9.24. The Bertz CT molecular complexity index is 693. The van der Waals surface area contributed by atoms with Crippen molar-refractivity contribution in [3.05, 3.63) is 54.6 Å². The number of hydrogen-bond donors (Lipinski definition) is 1. The van der Waals surface area contributed by atoms with E-state index in [9.17, 15) is 4.79 Å². The highest BCUT2D eigenvalue weighted by atomic mass is 16.2. The van der Waals surface area contributed by atoms with E-state index >= 15 is 0 Å². The molecule has 0 spiro atoms. The molecule has 0 unspecified atom stereocenters. The molecule has 1 aliphatic rings. The Morgan fingerprint density at radius 1 is 1.00 bits per heavy atom. The Morgan fingerprint density at radius 2 is 1.64 bits per heavy atom. The number of hydrogen-bond acceptors (Lipinski definition) is 3. The number of benzene rings is 2. The summed E-state index contributed by atoms with van der Waals surface area (Å²) in [5.74, 6) is 0.0633. The average Bonchev–Trinajstić information content (AvgIpc) is 2.68. The van der Waals surface area contributed by atoms with Gasteiger partial charge in [0.05, 0.1) is 6.04 Å². The zero-order chi connectivity index (χ0) is 17.6. The number of carbonyl (C=O) groups is 1. The zero-order valence-corrected chi connectivity index (χ0v) is 15.1. The minimum Gasteiger partial charge on any atom is -0.324 e. The molecule has 3 rings (SSSR count). The minimum atomic E-state index is -0.122. The largest absolute Gasteiger partial charge is 0.324 e. The highest BCUT2D eigenvalue weighted by Crippen LogP contribution is 2.27. The lowest BCUT2D eigenvalue weighted by Gasteiger charge is -2.37. The number of nitrogens with one attached hydrogen (secondary N) is 1. The summed E-state index contributed by atoms with van der Waals surface area (Å²) in [4.78, 5) is 17.5. The van der Waals surface area contributed by atoms with Gasteiger partial charge in [0, 0.05) is 37.4 Å². The van der Waals surface area contributed by atoms with Crippen LogP contribution in [-0.4, -0.2) is 54.5 Å². The second-order valence-corrected chi connectivity index (χ2v) is 6.55. The van der Waals surface area contributed by atoms with Gasteiger partial charge in [0.2, 0.25) is 5.91 Å². The summed E-state index contributed by atoms with van der Waals surface area (Å²) in [6.07, 6.45) is 0. The van der Waals surface area contributed by atoms with Crippen molar-refractivity contribution < 1.29 is 4.79 Å². The fourth-order valence-corrected chi connectivity index (χ4v) is 3.33. The molecule has 1 heterocycles. The second kappa shape index (κ2) is 8.28. The molecule has 1 saturated heterocycles. The zero-order valence-electron chi connectivity index (χ0n) is 15.1. The van der Waals surface area contributed by atoms with E-state index in [-0.39, 0.29) is 11.9 Å². The highest BCUT2D eigenvalue weighted by molar-refractivity contribution is 5.98. The number of amides is 1. The third kappa shape index (κ3) is 4.27. The topological polar surface area (TPSA) is 35.6 Å². The van der Waals surface area contributed by atoms with E-state index in [0.717, 1.165) is 49.5 Å². The molecule has 0 aliphatic carbocycles. The lowest BCUT2D eigenvalue weighted by atomic mass is 10.0. The maximum absolute atomic E-state index is 12.8. The van der Waals surface area contributed by atoms with Crippen molar-refractivity contribution in [3.63, 3.8) is 0 Å². The predicted octanol–water partition coefficient (Wildman–Crippen LogP) is 3.32. The SMILES string of the molecule is CCN1CCN([C@@H](C)C(=O)Nc2ccccc2-c2ccccc2)CC1. The monoisotopic (exact) mass is 337 g/mol. The Kier molecular flexibility index (Phi) is 5.84. The van der Waals surface area contributed by atoms with Crippen molar-refractivity contribution >= 4 is 11.6 Å². The number of likely N-dealkylation sites (N-methyl/N-ethyl adjacent to an activating group) is 1.